The molecule has 2 amide bonds. The summed E-state index contributed by atoms with van der Waals surface area (Å²) >= 11 is 0. The molecular formula is C24H30N6O2. The highest BCUT2D eigenvalue weighted by molar-refractivity contribution is 5.98. The fraction of sp³-hybridized carbons (Fsp3) is 0.417. The molecule has 1 aromatic heterocycles. The Labute approximate surface area is 189 Å². The molecule has 3 rings (SSSR count). The van der Waals surface area contributed by atoms with Gasteiger partial charge in [0.05, 0.1) is 0 Å². The van der Waals surface area contributed by atoms with Crippen molar-refractivity contribution in [3.05, 3.63) is 54.4 Å². The van der Waals surface area contributed by atoms with Crippen molar-refractivity contribution < 1.29 is 9.59 Å². The Balaban J connectivity index is 1.60. The molecule has 0 spiro atoms. The van der Waals surface area contributed by atoms with Crippen molar-refractivity contribution in [3.8, 4) is 6.19 Å². The molecule has 2 aromatic rings. The van der Waals surface area contributed by atoms with Gasteiger partial charge in [0.25, 0.3) is 11.8 Å². The first-order chi connectivity index (χ1) is 15.4. The third-order valence-electron chi connectivity index (χ3n) is 5.59. The van der Waals surface area contributed by atoms with E-state index in [9.17, 15) is 9.59 Å². The Morgan fingerprint density at radius 2 is 1.56 bits per heavy atom. The van der Waals surface area contributed by atoms with Gasteiger partial charge in [-0.3, -0.25) is 19.5 Å². The number of nitrogens with zero attached hydrogens (tertiary/aromatic N) is 5. The zero-order chi connectivity index (χ0) is 23.1. The summed E-state index contributed by atoms with van der Waals surface area (Å²) in [6.45, 7) is 7.55. The summed E-state index contributed by atoms with van der Waals surface area (Å²) in [5.41, 5.74) is 2.74. The lowest BCUT2D eigenvalue weighted by Gasteiger charge is -2.37. The molecule has 0 radical (unpaired) electrons. The van der Waals surface area contributed by atoms with Crippen molar-refractivity contribution in [2.75, 3.05) is 43.0 Å². The largest absolute Gasteiger partial charge is 0.368 e. The van der Waals surface area contributed by atoms with Crippen LogP contribution in [0.15, 0.2) is 48.8 Å². The van der Waals surface area contributed by atoms with Crippen LogP contribution in [-0.2, 0) is 4.79 Å². The molecule has 0 aliphatic carbocycles. The summed E-state index contributed by atoms with van der Waals surface area (Å²) in [6, 6.07) is 10.8. The fourth-order valence-corrected chi connectivity index (χ4v) is 3.82. The third-order valence-corrected chi connectivity index (χ3v) is 5.59. The number of anilines is 2. The van der Waals surface area contributed by atoms with Gasteiger partial charge in [-0.1, -0.05) is 13.8 Å². The number of hydrogen-bond acceptors (Lipinski definition) is 6. The summed E-state index contributed by atoms with van der Waals surface area (Å²) in [4.78, 5) is 34.9. The van der Waals surface area contributed by atoms with Crippen molar-refractivity contribution >= 4 is 23.2 Å². The zero-order valence-corrected chi connectivity index (χ0v) is 18.9. The molecule has 1 aromatic carbocycles. The highest BCUT2D eigenvalue weighted by Gasteiger charge is 2.25. The van der Waals surface area contributed by atoms with Gasteiger partial charge in [-0.05, 0) is 48.7 Å². The Bertz CT molecular complexity index is 947. The average molecular weight is 435 g/mol. The van der Waals surface area contributed by atoms with Crippen LogP contribution in [0.25, 0.3) is 0 Å². The number of hydrogen-bond donors (Lipinski definition) is 1. The Morgan fingerprint density at radius 1 is 1.03 bits per heavy atom. The van der Waals surface area contributed by atoms with E-state index >= 15 is 0 Å². The standard InChI is InChI=1S/C24H30N6O2/c1-18(2)16-22(24(32)28(3)17-25)27-23(31)19-4-6-20(7-5-19)29-12-14-30(15-13-29)21-8-10-26-11-9-21/h4-11,18,22H,12-16H2,1-3H3,(H,27,31)/t22-/m0/s1. The van der Waals surface area contributed by atoms with Crippen molar-refractivity contribution in [2.45, 2.75) is 26.3 Å². The number of nitriles is 1. The smallest absolute Gasteiger partial charge is 0.257 e. The lowest BCUT2D eigenvalue weighted by atomic mass is 10.0. The summed E-state index contributed by atoms with van der Waals surface area (Å²) in [6.07, 6.45) is 5.90. The first kappa shape index (κ1) is 23.1. The van der Waals surface area contributed by atoms with E-state index in [1.165, 1.54) is 12.7 Å². The van der Waals surface area contributed by atoms with Gasteiger partial charge in [0, 0.05) is 62.6 Å². The van der Waals surface area contributed by atoms with Gasteiger partial charge in [-0.15, -0.1) is 0 Å². The molecule has 1 N–H and O–H groups in total. The maximum Gasteiger partial charge on any atom is 0.257 e. The third kappa shape index (κ3) is 5.76. The Morgan fingerprint density at radius 3 is 2.06 bits per heavy atom. The normalized spacial score (nSPS) is 14.6. The predicted octanol–water partition coefficient (Wildman–Crippen LogP) is 2.49. The van der Waals surface area contributed by atoms with Gasteiger partial charge in [0.2, 0.25) is 0 Å². The quantitative estimate of drug-likeness (QED) is 0.532. The fourth-order valence-electron chi connectivity index (χ4n) is 3.82. The van der Waals surface area contributed by atoms with Crippen molar-refractivity contribution in [1.29, 1.82) is 5.26 Å². The monoisotopic (exact) mass is 434 g/mol. The van der Waals surface area contributed by atoms with E-state index < -0.39 is 11.9 Å². The number of likely N-dealkylation sites (N-methyl/N-ethyl adjacent to an activating group) is 1. The molecule has 1 fully saturated rings. The van der Waals surface area contributed by atoms with Crippen LogP contribution in [0.5, 0.6) is 0 Å². The van der Waals surface area contributed by atoms with Crippen molar-refractivity contribution in [1.82, 2.24) is 15.2 Å². The number of carbonyl (C=O) groups excluding carboxylic acids is 2. The van der Waals surface area contributed by atoms with Crippen molar-refractivity contribution in [2.24, 2.45) is 5.92 Å². The van der Waals surface area contributed by atoms with Crippen LogP contribution in [0.3, 0.4) is 0 Å². The van der Waals surface area contributed by atoms with E-state index in [4.69, 9.17) is 5.26 Å². The SMILES string of the molecule is CC(C)C[C@H](NC(=O)c1ccc(N2CCN(c3ccncc3)CC2)cc1)C(=O)N(C)C#N. The van der Waals surface area contributed by atoms with Gasteiger partial charge in [-0.2, -0.15) is 5.26 Å². The van der Waals surface area contributed by atoms with Crippen LogP contribution in [0, 0.1) is 17.4 Å². The molecule has 1 aliphatic rings. The number of rotatable bonds is 7. The minimum absolute atomic E-state index is 0.199. The minimum atomic E-state index is -0.729. The van der Waals surface area contributed by atoms with Gasteiger partial charge in [-0.25, -0.2) is 0 Å². The molecule has 8 heteroatoms. The summed E-state index contributed by atoms with van der Waals surface area (Å²) in [5, 5.41) is 11.8. The number of pyridine rings is 1. The number of nitrogens with one attached hydrogen (secondary N) is 1. The molecule has 1 aliphatic heterocycles. The number of carbonyl (C=O) groups is 2. The molecule has 0 saturated carbocycles. The number of aromatic nitrogens is 1. The number of piperazine rings is 1. The lowest BCUT2D eigenvalue weighted by Crippen LogP contribution is -2.47. The minimum Gasteiger partial charge on any atom is -0.368 e. The molecule has 0 unspecified atom stereocenters. The van der Waals surface area contributed by atoms with Gasteiger partial charge >= 0.3 is 0 Å². The molecule has 2 heterocycles. The van der Waals surface area contributed by atoms with E-state index in [-0.39, 0.29) is 11.8 Å². The molecule has 0 bridgehead atoms. The van der Waals surface area contributed by atoms with E-state index in [2.05, 4.69) is 20.1 Å². The van der Waals surface area contributed by atoms with E-state index in [0.717, 1.165) is 36.8 Å². The van der Waals surface area contributed by atoms with E-state index in [1.54, 1.807) is 12.1 Å². The zero-order valence-electron chi connectivity index (χ0n) is 18.9. The lowest BCUT2D eigenvalue weighted by molar-refractivity contribution is -0.129. The number of benzene rings is 1. The second-order valence-corrected chi connectivity index (χ2v) is 8.38. The maximum atomic E-state index is 12.7. The number of amides is 2. The Kier molecular flexibility index (Phi) is 7.66. The second kappa shape index (κ2) is 10.6. The van der Waals surface area contributed by atoms with Crippen LogP contribution in [0.4, 0.5) is 11.4 Å². The van der Waals surface area contributed by atoms with Crippen LogP contribution in [0.1, 0.15) is 30.6 Å². The molecule has 1 saturated heterocycles. The second-order valence-electron chi connectivity index (χ2n) is 8.38. The van der Waals surface area contributed by atoms with Gasteiger partial charge in [0.1, 0.15) is 6.04 Å². The summed E-state index contributed by atoms with van der Waals surface area (Å²) in [5.74, 6) is -0.521. The predicted molar refractivity (Wildman–Crippen MR) is 124 cm³/mol. The van der Waals surface area contributed by atoms with Crippen LogP contribution in [-0.4, -0.2) is 61.0 Å². The summed E-state index contributed by atoms with van der Waals surface area (Å²) < 4.78 is 0. The molecule has 1 atom stereocenters. The van der Waals surface area contributed by atoms with Gasteiger partial charge in [0.15, 0.2) is 6.19 Å². The molecule has 32 heavy (non-hydrogen) atoms. The molecular weight excluding hydrogens is 404 g/mol. The topological polar surface area (TPSA) is 92.6 Å². The van der Waals surface area contributed by atoms with E-state index in [1.807, 2.05) is 56.7 Å². The first-order valence-corrected chi connectivity index (χ1v) is 10.9. The van der Waals surface area contributed by atoms with Gasteiger partial charge < -0.3 is 15.1 Å². The molecule has 8 nitrogen and oxygen atoms in total. The van der Waals surface area contributed by atoms with Crippen molar-refractivity contribution in [3.63, 3.8) is 0 Å². The van der Waals surface area contributed by atoms with Crippen LogP contribution >= 0.6 is 0 Å². The van der Waals surface area contributed by atoms with E-state index in [0.29, 0.717) is 12.0 Å². The average Bonchev–Trinajstić information content (AvgIpc) is 2.83. The maximum absolute atomic E-state index is 12.7. The first-order valence-electron chi connectivity index (χ1n) is 10.9. The molecule has 168 valence electrons. The highest BCUT2D eigenvalue weighted by atomic mass is 16.2. The highest BCUT2D eigenvalue weighted by Crippen LogP contribution is 2.21. The summed E-state index contributed by atoms with van der Waals surface area (Å²) in [7, 11) is 1.41. The van der Waals surface area contributed by atoms with Crippen LogP contribution in [0.2, 0.25) is 0 Å². The van der Waals surface area contributed by atoms with Crippen LogP contribution < -0.4 is 15.1 Å². The Hall–Kier alpha value is -3.60.